The summed E-state index contributed by atoms with van der Waals surface area (Å²) in [6.45, 7) is 7.46. The summed E-state index contributed by atoms with van der Waals surface area (Å²) >= 11 is 0. The molecule has 0 aliphatic heterocycles. The zero-order valence-corrected chi connectivity index (χ0v) is 18.4. The number of esters is 1. The number of fused-ring (bicyclic) bond motifs is 5. The van der Waals surface area contributed by atoms with Gasteiger partial charge < -0.3 is 9.84 Å². The maximum Gasteiger partial charge on any atom is 0.305 e. The fourth-order valence-corrected chi connectivity index (χ4v) is 8.27. The first-order valence-corrected chi connectivity index (χ1v) is 11.7. The molecule has 3 saturated carbocycles. The molecule has 0 bridgehead atoms. The molecule has 3 heteroatoms. The second-order valence-electron chi connectivity index (χ2n) is 11.0. The van der Waals surface area contributed by atoms with Crippen LogP contribution in [0.15, 0.2) is 11.6 Å². The molecule has 0 saturated heterocycles. The van der Waals surface area contributed by atoms with E-state index in [0.29, 0.717) is 23.2 Å². The van der Waals surface area contributed by atoms with E-state index in [2.05, 4.69) is 26.8 Å². The second-order valence-corrected chi connectivity index (χ2v) is 11.0. The maximum atomic E-state index is 11.6. The van der Waals surface area contributed by atoms with Gasteiger partial charge in [-0.1, -0.05) is 32.4 Å². The molecule has 28 heavy (non-hydrogen) atoms. The molecular weight excluding hydrogens is 348 g/mol. The topological polar surface area (TPSA) is 46.5 Å². The van der Waals surface area contributed by atoms with E-state index >= 15 is 0 Å². The normalized spacial score (nSPS) is 46.0. The van der Waals surface area contributed by atoms with Gasteiger partial charge in [0, 0.05) is 6.42 Å². The first-order valence-electron chi connectivity index (χ1n) is 11.7. The predicted molar refractivity (Wildman–Crippen MR) is 112 cm³/mol. The number of carbonyl (C=O) groups is 1. The molecule has 0 aromatic carbocycles. The Morgan fingerprint density at radius 2 is 2.00 bits per heavy atom. The summed E-state index contributed by atoms with van der Waals surface area (Å²) in [7, 11) is 1.50. The summed E-state index contributed by atoms with van der Waals surface area (Å²) in [5.41, 5.74) is 2.34. The quantitative estimate of drug-likeness (QED) is 0.510. The fourth-order valence-electron chi connectivity index (χ4n) is 8.27. The minimum Gasteiger partial charge on any atom is -0.469 e. The number of hydrogen-bond acceptors (Lipinski definition) is 3. The van der Waals surface area contributed by atoms with Crippen molar-refractivity contribution < 1.29 is 14.6 Å². The van der Waals surface area contributed by atoms with E-state index in [0.717, 1.165) is 42.9 Å². The standard InChI is InChI=1S/C25H40O3/c1-16(5-10-23(27)28-4)20-8-9-21-19-7-6-17-15-18(26)11-13-24(17,2)22(19)12-14-25(20,21)3/h6,16,18-22,26H,5,7-15H2,1-4H3/t16-,18+,19?,20-,21+,22?,24+,25-/m1/s1. The Hall–Kier alpha value is -0.830. The maximum absolute atomic E-state index is 11.6. The summed E-state index contributed by atoms with van der Waals surface area (Å²) in [6.07, 6.45) is 13.6. The van der Waals surface area contributed by atoms with Gasteiger partial charge in [-0.2, -0.15) is 0 Å². The number of methoxy groups -OCH3 is 1. The van der Waals surface area contributed by atoms with Crippen molar-refractivity contribution in [3.8, 4) is 0 Å². The van der Waals surface area contributed by atoms with Gasteiger partial charge in [0.05, 0.1) is 13.2 Å². The highest BCUT2D eigenvalue weighted by molar-refractivity contribution is 5.69. The Balaban J connectivity index is 1.51. The lowest BCUT2D eigenvalue weighted by Crippen LogP contribution is -2.50. The van der Waals surface area contributed by atoms with Crippen molar-refractivity contribution in [2.45, 2.75) is 91.1 Å². The molecule has 0 amide bonds. The third kappa shape index (κ3) is 3.16. The highest BCUT2D eigenvalue weighted by Crippen LogP contribution is 2.67. The van der Waals surface area contributed by atoms with Gasteiger partial charge in [0.2, 0.25) is 0 Å². The minimum absolute atomic E-state index is 0.0624. The first kappa shape index (κ1) is 20.4. The van der Waals surface area contributed by atoms with Crippen LogP contribution < -0.4 is 0 Å². The Labute approximate surface area is 171 Å². The van der Waals surface area contributed by atoms with E-state index in [9.17, 15) is 9.90 Å². The molecule has 0 radical (unpaired) electrons. The second kappa shape index (κ2) is 7.45. The third-order valence-electron chi connectivity index (χ3n) is 9.87. The molecule has 0 spiro atoms. The molecule has 4 aliphatic rings. The summed E-state index contributed by atoms with van der Waals surface area (Å²) in [4.78, 5) is 11.6. The van der Waals surface area contributed by atoms with Gasteiger partial charge in [-0.05, 0) is 98.2 Å². The van der Waals surface area contributed by atoms with Crippen LogP contribution in [0.25, 0.3) is 0 Å². The SMILES string of the molecule is COC(=O)CC[C@@H](C)[C@H]1CC[C@H]2C3CC=C4C[C@@H](O)CC[C@]4(C)C3CC[C@]12C. The van der Waals surface area contributed by atoms with Gasteiger partial charge in [0.25, 0.3) is 0 Å². The molecular formula is C25H40O3. The first-order chi connectivity index (χ1) is 13.3. The zero-order chi connectivity index (χ0) is 20.1. The molecule has 4 aliphatic carbocycles. The molecule has 3 nitrogen and oxygen atoms in total. The predicted octanol–water partition coefficient (Wildman–Crippen LogP) is 5.52. The van der Waals surface area contributed by atoms with Gasteiger partial charge in [-0.3, -0.25) is 4.79 Å². The average Bonchev–Trinajstić information content (AvgIpc) is 3.03. The Morgan fingerprint density at radius 1 is 1.21 bits per heavy atom. The van der Waals surface area contributed by atoms with Crippen molar-refractivity contribution in [2.75, 3.05) is 7.11 Å². The van der Waals surface area contributed by atoms with E-state index in [-0.39, 0.29) is 12.1 Å². The molecule has 3 fully saturated rings. The molecule has 0 aromatic heterocycles. The van der Waals surface area contributed by atoms with Crippen molar-refractivity contribution in [1.29, 1.82) is 0 Å². The van der Waals surface area contributed by atoms with Crippen LogP contribution in [0.4, 0.5) is 0 Å². The molecule has 158 valence electrons. The van der Waals surface area contributed by atoms with Crippen LogP contribution in [-0.4, -0.2) is 24.3 Å². The van der Waals surface area contributed by atoms with Gasteiger partial charge in [-0.15, -0.1) is 0 Å². The van der Waals surface area contributed by atoms with Crippen molar-refractivity contribution >= 4 is 5.97 Å². The zero-order valence-electron chi connectivity index (χ0n) is 18.4. The van der Waals surface area contributed by atoms with Gasteiger partial charge in [0.15, 0.2) is 0 Å². The smallest absolute Gasteiger partial charge is 0.305 e. The molecule has 8 atom stereocenters. The number of rotatable bonds is 4. The summed E-state index contributed by atoms with van der Waals surface area (Å²) in [6, 6.07) is 0. The summed E-state index contributed by atoms with van der Waals surface area (Å²) < 4.78 is 4.87. The Bertz CT molecular complexity index is 640. The Morgan fingerprint density at radius 3 is 2.75 bits per heavy atom. The molecule has 2 unspecified atom stereocenters. The lowest BCUT2D eigenvalue weighted by Gasteiger charge is -2.58. The van der Waals surface area contributed by atoms with E-state index in [1.54, 1.807) is 5.57 Å². The molecule has 0 aromatic rings. The van der Waals surface area contributed by atoms with Gasteiger partial charge >= 0.3 is 5.97 Å². The summed E-state index contributed by atoms with van der Waals surface area (Å²) in [5.74, 6) is 3.74. The number of ether oxygens (including phenoxy) is 1. The van der Waals surface area contributed by atoms with Crippen LogP contribution in [0.3, 0.4) is 0 Å². The van der Waals surface area contributed by atoms with Crippen molar-refractivity contribution in [2.24, 2.45) is 40.4 Å². The van der Waals surface area contributed by atoms with Crippen LogP contribution in [0, 0.1) is 40.4 Å². The third-order valence-corrected chi connectivity index (χ3v) is 9.87. The van der Waals surface area contributed by atoms with Gasteiger partial charge in [-0.25, -0.2) is 0 Å². The average molecular weight is 389 g/mol. The fraction of sp³-hybridized carbons (Fsp3) is 0.880. The van der Waals surface area contributed by atoms with E-state index < -0.39 is 0 Å². The van der Waals surface area contributed by atoms with E-state index in [4.69, 9.17) is 4.74 Å². The Kier molecular flexibility index (Phi) is 5.44. The largest absolute Gasteiger partial charge is 0.469 e. The van der Waals surface area contributed by atoms with Crippen LogP contribution in [0.2, 0.25) is 0 Å². The lowest BCUT2D eigenvalue weighted by molar-refractivity contribution is -0.141. The van der Waals surface area contributed by atoms with Crippen molar-refractivity contribution in [3.63, 3.8) is 0 Å². The van der Waals surface area contributed by atoms with Crippen LogP contribution in [0.1, 0.15) is 85.0 Å². The van der Waals surface area contributed by atoms with Crippen LogP contribution >= 0.6 is 0 Å². The van der Waals surface area contributed by atoms with E-state index in [1.165, 1.54) is 45.6 Å². The molecule has 1 N–H and O–H groups in total. The van der Waals surface area contributed by atoms with Crippen molar-refractivity contribution in [1.82, 2.24) is 0 Å². The van der Waals surface area contributed by atoms with Crippen molar-refractivity contribution in [3.05, 3.63) is 11.6 Å². The lowest BCUT2D eigenvalue weighted by atomic mass is 9.47. The van der Waals surface area contributed by atoms with Gasteiger partial charge in [0.1, 0.15) is 0 Å². The molecule has 4 rings (SSSR count). The summed E-state index contributed by atoms with van der Waals surface area (Å²) in [5, 5.41) is 10.2. The highest BCUT2D eigenvalue weighted by Gasteiger charge is 2.59. The number of aliphatic hydroxyl groups is 1. The number of allylic oxidation sites excluding steroid dienone is 1. The number of aliphatic hydroxyl groups excluding tert-OH is 1. The number of carbonyl (C=O) groups excluding carboxylic acids is 1. The van der Waals surface area contributed by atoms with Crippen LogP contribution in [-0.2, 0) is 9.53 Å². The van der Waals surface area contributed by atoms with E-state index in [1.807, 2.05) is 0 Å². The number of hydrogen-bond donors (Lipinski definition) is 1. The monoisotopic (exact) mass is 388 g/mol. The highest BCUT2D eigenvalue weighted by atomic mass is 16.5. The molecule has 0 heterocycles. The minimum atomic E-state index is -0.115. The van der Waals surface area contributed by atoms with Crippen LogP contribution in [0.5, 0.6) is 0 Å².